The van der Waals surface area contributed by atoms with Gasteiger partial charge in [-0.3, -0.25) is 0 Å². The zero-order valence-electron chi connectivity index (χ0n) is 11.0. The smallest absolute Gasteiger partial charge is 0.0453 e. The lowest BCUT2D eigenvalue weighted by Crippen LogP contribution is -2.33. The monoisotopic (exact) mass is 305 g/mol. The van der Waals surface area contributed by atoms with Crippen molar-refractivity contribution in [3.63, 3.8) is 0 Å². The first-order valence-corrected chi connectivity index (χ1v) is 8.34. The van der Waals surface area contributed by atoms with Crippen LogP contribution in [0.25, 0.3) is 0 Å². The summed E-state index contributed by atoms with van der Waals surface area (Å²) in [6.07, 6.45) is 2.11. The molecule has 0 fully saturated rings. The lowest BCUT2D eigenvalue weighted by atomic mass is 10.1. The molecule has 0 aliphatic heterocycles. The van der Waals surface area contributed by atoms with E-state index in [9.17, 15) is 0 Å². The molecule has 0 amide bonds. The van der Waals surface area contributed by atoms with E-state index in [-0.39, 0.29) is 0 Å². The minimum Gasteiger partial charge on any atom is -0.313 e. The van der Waals surface area contributed by atoms with Gasteiger partial charge in [0.1, 0.15) is 0 Å². The van der Waals surface area contributed by atoms with Crippen LogP contribution in [0.2, 0.25) is 10.0 Å². The molecule has 0 spiro atoms. The third-order valence-corrected chi connectivity index (χ3v) is 4.72. The Hall–Kier alpha value is 0.110. The average Bonchev–Trinajstić information content (AvgIpc) is 2.34. The molecule has 1 aromatic carbocycles. The van der Waals surface area contributed by atoms with Crippen LogP contribution in [0.3, 0.4) is 0 Å². The highest BCUT2D eigenvalue weighted by atomic mass is 35.5. The van der Waals surface area contributed by atoms with Crippen molar-refractivity contribution in [2.75, 3.05) is 18.1 Å². The van der Waals surface area contributed by atoms with Gasteiger partial charge in [-0.2, -0.15) is 11.8 Å². The van der Waals surface area contributed by atoms with Crippen LogP contribution < -0.4 is 5.32 Å². The lowest BCUT2D eigenvalue weighted by molar-refractivity contribution is 0.573. The zero-order valence-corrected chi connectivity index (χ0v) is 13.3. The van der Waals surface area contributed by atoms with Crippen molar-refractivity contribution in [2.45, 2.75) is 32.7 Å². The maximum Gasteiger partial charge on any atom is 0.0453 e. The highest BCUT2D eigenvalue weighted by molar-refractivity contribution is 7.99. The Morgan fingerprint density at radius 2 is 1.89 bits per heavy atom. The van der Waals surface area contributed by atoms with Crippen molar-refractivity contribution in [1.82, 2.24) is 5.32 Å². The van der Waals surface area contributed by atoms with Gasteiger partial charge in [0.25, 0.3) is 0 Å². The van der Waals surface area contributed by atoms with E-state index in [1.54, 1.807) is 0 Å². The van der Waals surface area contributed by atoms with Crippen LogP contribution in [0, 0.1) is 0 Å². The summed E-state index contributed by atoms with van der Waals surface area (Å²) in [5.41, 5.74) is 1.06. The van der Waals surface area contributed by atoms with Crippen molar-refractivity contribution in [3.8, 4) is 0 Å². The second-order valence-corrected chi connectivity index (χ2v) is 6.20. The van der Waals surface area contributed by atoms with Gasteiger partial charge in [-0.15, -0.1) is 0 Å². The quantitative estimate of drug-likeness (QED) is 0.701. The predicted octanol–water partition coefficient (Wildman–Crippen LogP) is 4.66. The minimum absolute atomic E-state index is 0.434. The van der Waals surface area contributed by atoms with E-state index >= 15 is 0 Å². The van der Waals surface area contributed by atoms with E-state index < -0.39 is 0 Å². The fourth-order valence-corrected chi connectivity index (χ4v) is 3.35. The summed E-state index contributed by atoms with van der Waals surface area (Å²) in [7, 11) is 0. The molecule has 0 saturated heterocycles. The number of likely N-dealkylation sites (N-methyl/N-ethyl adjacent to an activating group) is 1. The third kappa shape index (κ3) is 5.40. The number of hydrogen-bond acceptors (Lipinski definition) is 2. The molecule has 4 heteroatoms. The average molecular weight is 306 g/mol. The van der Waals surface area contributed by atoms with Gasteiger partial charge in [-0.1, -0.05) is 43.1 Å². The Bertz CT molecular complexity index is 337. The molecule has 0 saturated carbocycles. The fourth-order valence-electron chi connectivity index (χ4n) is 1.82. The standard InChI is InChI=1S/C14H21Cl2NS/c1-3-8-18-10-11(17-4-2)9-12-13(15)6-5-7-14(12)16/h5-7,11,17H,3-4,8-10H2,1-2H3. The summed E-state index contributed by atoms with van der Waals surface area (Å²) in [5, 5.41) is 5.05. The maximum atomic E-state index is 6.22. The number of benzene rings is 1. The molecule has 0 heterocycles. The first kappa shape index (κ1) is 16.2. The van der Waals surface area contributed by atoms with Gasteiger partial charge in [-0.05, 0) is 42.8 Å². The second-order valence-electron chi connectivity index (χ2n) is 4.23. The van der Waals surface area contributed by atoms with Gasteiger partial charge in [0.15, 0.2) is 0 Å². The molecule has 18 heavy (non-hydrogen) atoms. The predicted molar refractivity (Wildman–Crippen MR) is 85.2 cm³/mol. The minimum atomic E-state index is 0.434. The molecular weight excluding hydrogens is 285 g/mol. The SMILES string of the molecule is CCCSCC(Cc1c(Cl)cccc1Cl)NCC. The highest BCUT2D eigenvalue weighted by Crippen LogP contribution is 2.26. The summed E-state index contributed by atoms with van der Waals surface area (Å²) in [5.74, 6) is 2.31. The molecule has 0 radical (unpaired) electrons. The molecule has 1 N–H and O–H groups in total. The molecule has 0 aliphatic rings. The van der Waals surface area contributed by atoms with Crippen LogP contribution >= 0.6 is 35.0 Å². The summed E-state index contributed by atoms with van der Waals surface area (Å²) in [4.78, 5) is 0. The number of rotatable bonds is 8. The lowest BCUT2D eigenvalue weighted by Gasteiger charge is -2.19. The van der Waals surface area contributed by atoms with E-state index in [0.29, 0.717) is 6.04 Å². The number of thioether (sulfide) groups is 1. The van der Waals surface area contributed by atoms with Crippen molar-refractivity contribution >= 4 is 35.0 Å². The van der Waals surface area contributed by atoms with Crippen LogP contribution in [0.15, 0.2) is 18.2 Å². The van der Waals surface area contributed by atoms with E-state index in [1.165, 1.54) is 12.2 Å². The van der Waals surface area contributed by atoms with Crippen molar-refractivity contribution in [2.24, 2.45) is 0 Å². The molecule has 1 atom stereocenters. The zero-order chi connectivity index (χ0) is 13.4. The van der Waals surface area contributed by atoms with Crippen LogP contribution in [-0.4, -0.2) is 24.1 Å². The van der Waals surface area contributed by atoms with E-state index in [2.05, 4.69) is 19.2 Å². The van der Waals surface area contributed by atoms with Gasteiger partial charge in [0.2, 0.25) is 0 Å². The summed E-state index contributed by atoms with van der Waals surface area (Å²) in [6.45, 7) is 5.31. The number of hydrogen-bond donors (Lipinski definition) is 1. The molecule has 1 unspecified atom stereocenters. The Morgan fingerprint density at radius 3 is 2.44 bits per heavy atom. The molecule has 102 valence electrons. The summed E-state index contributed by atoms with van der Waals surface area (Å²) in [6, 6.07) is 6.14. The van der Waals surface area contributed by atoms with E-state index in [4.69, 9.17) is 23.2 Å². The van der Waals surface area contributed by atoms with Crippen molar-refractivity contribution in [3.05, 3.63) is 33.8 Å². The first-order valence-electron chi connectivity index (χ1n) is 6.43. The normalized spacial score (nSPS) is 12.7. The van der Waals surface area contributed by atoms with Crippen LogP contribution in [-0.2, 0) is 6.42 Å². The van der Waals surface area contributed by atoms with Gasteiger partial charge in [0, 0.05) is 21.8 Å². The topological polar surface area (TPSA) is 12.0 Å². The van der Waals surface area contributed by atoms with Gasteiger partial charge < -0.3 is 5.32 Å². The van der Waals surface area contributed by atoms with Gasteiger partial charge in [-0.25, -0.2) is 0 Å². The molecule has 0 aromatic heterocycles. The fraction of sp³-hybridized carbons (Fsp3) is 0.571. The summed E-state index contributed by atoms with van der Waals surface area (Å²) < 4.78 is 0. The maximum absolute atomic E-state index is 6.22. The van der Waals surface area contributed by atoms with Crippen LogP contribution in [0.1, 0.15) is 25.8 Å². The van der Waals surface area contributed by atoms with Gasteiger partial charge >= 0.3 is 0 Å². The molecular formula is C14H21Cl2NS. The van der Waals surface area contributed by atoms with Crippen LogP contribution in [0.5, 0.6) is 0 Å². The first-order chi connectivity index (χ1) is 8.69. The largest absolute Gasteiger partial charge is 0.313 e. The Balaban J connectivity index is 2.64. The Morgan fingerprint density at radius 1 is 1.22 bits per heavy atom. The summed E-state index contributed by atoms with van der Waals surface area (Å²) >= 11 is 14.4. The Kier molecular flexibility index (Phi) is 8.16. The number of halogens is 2. The molecule has 1 aromatic rings. The third-order valence-electron chi connectivity index (χ3n) is 2.67. The highest BCUT2D eigenvalue weighted by Gasteiger charge is 2.13. The van der Waals surface area contributed by atoms with Crippen LogP contribution in [0.4, 0.5) is 0 Å². The van der Waals surface area contributed by atoms with Crippen molar-refractivity contribution in [1.29, 1.82) is 0 Å². The molecule has 1 rings (SSSR count). The van der Waals surface area contributed by atoms with Gasteiger partial charge in [0.05, 0.1) is 0 Å². The van der Waals surface area contributed by atoms with Crippen molar-refractivity contribution < 1.29 is 0 Å². The molecule has 0 aliphatic carbocycles. The Labute approximate surface area is 125 Å². The number of nitrogens with one attached hydrogen (secondary N) is 1. The second kappa shape index (κ2) is 9.08. The molecule has 0 bridgehead atoms. The van der Waals surface area contributed by atoms with E-state index in [1.807, 2.05) is 30.0 Å². The molecule has 1 nitrogen and oxygen atoms in total. The van der Waals surface area contributed by atoms with E-state index in [0.717, 1.165) is 34.3 Å².